The molecule has 3 amide bonds. The van der Waals surface area contributed by atoms with Gasteiger partial charge in [0.2, 0.25) is 0 Å². The first-order chi connectivity index (χ1) is 13.4. The summed E-state index contributed by atoms with van der Waals surface area (Å²) in [6, 6.07) is 13.5. The number of ether oxygens (including phenoxy) is 2. The Morgan fingerprint density at radius 3 is 2.36 bits per heavy atom. The predicted molar refractivity (Wildman–Crippen MR) is 104 cm³/mol. The third-order valence-electron chi connectivity index (χ3n) is 4.18. The Labute approximate surface area is 162 Å². The van der Waals surface area contributed by atoms with E-state index in [9.17, 15) is 14.4 Å². The Morgan fingerprint density at radius 1 is 1.11 bits per heavy atom. The number of hydrogen-bond donors (Lipinski definition) is 1. The number of carbonyl (C=O) groups excluding carboxylic acids is 3. The summed E-state index contributed by atoms with van der Waals surface area (Å²) in [5, 5.41) is 2.79. The van der Waals surface area contributed by atoms with Gasteiger partial charge in [-0.3, -0.25) is 14.5 Å². The third kappa shape index (κ3) is 4.59. The van der Waals surface area contributed by atoms with E-state index in [0.29, 0.717) is 35.8 Å². The van der Waals surface area contributed by atoms with Gasteiger partial charge in [0.05, 0.1) is 6.54 Å². The van der Waals surface area contributed by atoms with Crippen LogP contribution in [0, 0.1) is 0 Å². The summed E-state index contributed by atoms with van der Waals surface area (Å²) in [4.78, 5) is 38.5. The molecule has 2 aromatic rings. The number of nitrogens with one attached hydrogen (secondary N) is 1. The zero-order valence-electron chi connectivity index (χ0n) is 15.7. The number of carbonyl (C=O) groups is 3. The van der Waals surface area contributed by atoms with Crippen molar-refractivity contribution < 1.29 is 23.9 Å². The van der Waals surface area contributed by atoms with Crippen molar-refractivity contribution in [2.45, 2.75) is 0 Å². The topological polar surface area (TPSA) is 88.2 Å². The number of benzene rings is 2. The maximum absolute atomic E-state index is 12.4. The Kier molecular flexibility index (Phi) is 5.78. The van der Waals surface area contributed by atoms with Gasteiger partial charge in [0, 0.05) is 31.0 Å². The molecule has 0 saturated carbocycles. The van der Waals surface area contributed by atoms with Gasteiger partial charge in [0.15, 0.2) is 6.61 Å². The van der Waals surface area contributed by atoms with Gasteiger partial charge >= 0.3 is 6.09 Å². The molecular weight excluding hydrogens is 362 g/mol. The largest absolute Gasteiger partial charge is 0.484 e. The lowest BCUT2D eigenvalue weighted by Crippen LogP contribution is -2.27. The van der Waals surface area contributed by atoms with Crippen molar-refractivity contribution in [3.8, 4) is 5.75 Å². The minimum absolute atomic E-state index is 0.0460. The molecule has 8 heteroatoms. The summed E-state index contributed by atoms with van der Waals surface area (Å²) >= 11 is 0. The van der Waals surface area contributed by atoms with Gasteiger partial charge in [0.25, 0.3) is 11.8 Å². The van der Waals surface area contributed by atoms with Gasteiger partial charge in [-0.05, 0) is 48.5 Å². The van der Waals surface area contributed by atoms with Gasteiger partial charge in [-0.15, -0.1) is 0 Å². The second kappa shape index (κ2) is 8.43. The van der Waals surface area contributed by atoms with E-state index in [1.807, 2.05) is 0 Å². The van der Waals surface area contributed by atoms with Crippen LogP contribution in [0.5, 0.6) is 5.75 Å². The molecule has 1 aliphatic heterocycles. The number of nitrogens with zero attached hydrogens (tertiary/aromatic N) is 2. The van der Waals surface area contributed by atoms with E-state index in [0.717, 1.165) is 0 Å². The molecule has 28 heavy (non-hydrogen) atoms. The van der Waals surface area contributed by atoms with Crippen molar-refractivity contribution in [1.29, 1.82) is 0 Å². The van der Waals surface area contributed by atoms with Crippen LogP contribution in [-0.4, -0.2) is 56.7 Å². The van der Waals surface area contributed by atoms with Crippen molar-refractivity contribution in [3.63, 3.8) is 0 Å². The molecule has 0 bridgehead atoms. The first-order valence-electron chi connectivity index (χ1n) is 8.73. The first-order valence-corrected chi connectivity index (χ1v) is 8.73. The molecule has 3 rings (SSSR count). The van der Waals surface area contributed by atoms with E-state index in [2.05, 4.69) is 5.32 Å². The SMILES string of the molecule is CN(C)C(=O)COc1ccc(NC(=O)c2ccc(N3CCOC3=O)cc2)cc1. The maximum atomic E-state index is 12.4. The van der Waals surface area contributed by atoms with Crippen LogP contribution in [0.15, 0.2) is 48.5 Å². The van der Waals surface area contributed by atoms with Crippen molar-refractivity contribution >= 4 is 29.3 Å². The molecule has 1 heterocycles. The Morgan fingerprint density at radius 2 is 1.79 bits per heavy atom. The van der Waals surface area contributed by atoms with Gasteiger partial charge in [-0.2, -0.15) is 0 Å². The van der Waals surface area contributed by atoms with Crippen molar-refractivity contribution in [2.75, 3.05) is 44.1 Å². The zero-order chi connectivity index (χ0) is 20.1. The van der Waals surface area contributed by atoms with Crippen LogP contribution in [0.2, 0.25) is 0 Å². The van der Waals surface area contributed by atoms with E-state index in [-0.39, 0.29) is 24.5 Å². The Bertz CT molecular complexity index is 862. The normalized spacial score (nSPS) is 13.1. The Balaban J connectivity index is 1.57. The molecule has 146 valence electrons. The zero-order valence-corrected chi connectivity index (χ0v) is 15.7. The van der Waals surface area contributed by atoms with Gasteiger partial charge in [-0.1, -0.05) is 0 Å². The van der Waals surface area contributed by atoms with Gasteiger partial charge < -0.3 is 19.7 Å². The number of rotatable bonds is 6. The fourth-order valence-corrected chi connectivity index (χ4v) is 2.53. The second-order valence-electron chi connectivity index (χ2n) is 6.37. The second-order valence-corrected chi connectivity index (χ2v) is 6.37. The molecule has 0 aliphatic carbocycles. The third-order valence-corrected chi connectivity index (χ3v) is 4.18. The maximum Gasteiger partial charge on any atom is 0.414 e. The lowest BCUT2D eigenvalue weighted by atomic mass is 10.1. The molecule has 1 saturated heterocycles. The quantitative estimate of drug-likeness (QED) is 0.827. The molecule has 0 unspecified atom stereocenters. The van der Waals surface area contributed by atoms with E-state index >= 15 is 0 Å². The fourth-order valence-electron chi connectivity index (χ4n) is 2.53. The molecule has 2 aromatic carbocycles. The number of hydrogen-bond acceptors (Lipinski definition) is 5. The first kappa shape index (κ1) is 19.2. The summed E-state index contributed by atoms with van der Waals surface area (Å²) in [6.07, 6.45) is -0.383. The van der Waals surface area contributed by atoms with Crippen LogP contribution < -0.4 is 15.0 Å². The fraction of sp³-hybridized carbons (Fsp3) is 0.250. The molecule has 0 aromatic heterocycles. The van der Waals surface area contributed by atoms with Crippen LogP contribution in [0.3, 0.4) is 0 Å². The highest BCUT2D eigenvalue weighted by Gasteiger charge is 2.23. The smallest absolute Gasteiger partial charge is 0.414 e. The van der Waals surface area contributed by atoms with Crippen molar-refractivity contribution in [1.82, 2.24) is 4.90 Å². The summed E-state index contributed by atoms with van der Waals surface area (Å²) in [5.41, 5.74) is 1.75. The van der Waals surface area contributed by atoms with Crippen LogP contribution in [0.25, 0.3) is 0 Å². The molecule has 8 nitrogen and oxygen atoms in total. The molecule has 1 fully saturated rings. The van der Waals surface area contributed by atoms with Crippen LogP contribution in [0.4, 0.5) is 16.2 Å². The van der Waals surface area contributed by atoms with Crippen molar-refractivity contribution in [2.24, 2.45) is 0 Å². The van der Waals surface area contributed by atoms with E-state index < -0.39 is 0 Å². The van der Waals surface area contributed by atoms with Crippen LogP contribution in [0.1, 0.15) is 10.4 Å². The minimum atomic E-state index is -0.383. The van der Waals surface area contributed by atoms with Gasteiger partial charge in [-0.25, -0.2) is 4.79 Å². The number of cyclic esters (lactones) is 1. The Hall–Kier alpha value is -3.55. The monoisotopic (exact) mass is 383 g/mol. The average Bonchev–Trinajstić information content (AvgIpc) is 3.13. The lowest BCUT2D eigenvalue weighted by molar-refractivity contribution is -0.130. The lowest BCUT2D eigenvalue weighted by Gasteiger charge is -2.13. The number of anilines is 2. The molecular formula is C20H21N3O5. The standard InChI is InChI=1S/C20H21N3O5/c1-22(2)18(24)13-28-17-9-5-15(6-10-17)21-19(25)14-3-7-16(8-4-14)23-11-12-27-20(23)26/h3-10H,11-13H2,1-2H3,(H,21,25). The predicted octanol–water partition coefficient (Wildman–Crippen LogP) is 2.36. The summed E-state index contributed by atoms with van der Waals surface area (Å²) in [7, 11) is 3.32. The molecule has 1 N–H and O–H groups in total. The molecule has 0 radical (unpaired) electrons. The van der Waals surface area contributed by atoms with E-state index in [1.165, 1.54) is 9.80 Å². The van der Waals surface area contributed by atoms with Crippen LogP contribution in [-0.2, 0) is 9.53 Å². The highest BCUT2D eigenvalue weighted by Crippen LogP contribution is 2.20. The van der Waals surface area contributed by atoms with Crippen molar-refractivity contribution in [3.05, 3.63) is 54.1 Å². The summed E-state index contributed by atoms with van der Waals surface area (Å²) in [5.74, 6) is 0.130. The molecule has 1 aliphatic rings. The highest BCUT2D eigenvalue weighted by molar-refractivity contribution is 6.04. The van der Waals surface area contributed by atoms with E-state index in [1.54, 1.807) is 62.6 Å². The van der Waals surface area contributed by atoms with Crippen LogP contribution >= 0.6 is 0 Å². The minimum Gasteiger partial charge on any atom is -0.484 e. The highest BCUT2D eigenvalue weighted by atomic mass is 16.6. The van der Waals surface area contributed by atoms with Gasteiger partial charge in [0.1, 0.15) is 12.4 Å². The number of amides is 3. The molecule has 0 atom stereocenters. The van der Waals surface area contributed by atoms with E-state index in [4.69, 9.17) is 9.47 Å². The summed E-state index contributed by atoms with van der Waals surface area (Å²) in [6.45, 7) is 0.818. The molecule has 0 spiro atoms. The number of likely N-dealkylation sites (N-methyl/N-ethyl adjacent to an activating group) is 1. The summed E-state index contributed by atoms with van der Waals surface area (Å²) < 4.78 is 10.3. The average molecular weight is 383 g/mol.